The fourth-order valence-electron chi connectivity index (χ4n) is 4.86. The first-order chi connectivity index (χ1) is 20.7. The van der Waals surface area contributed by atoms with Gasteiger partial charge in [0, 0.05) is 55.7 Å². The van der Waals surface area contributed by atoms with Crippen molar-refractivity contribution >= 4 is 43.9 Å². The summed E-state index contributed by atoms with van der Waals surface area (Å²) in [5, 5.41) is 2.99. The van der Waals surface area contributed by atoms with E-state index in [1.165, 1.54) is 36.2 Å². The Morgan fingerprint density at radius 2 is 1.75 bits per heavy atom. The molecule has 1 fully saturated rings. The van der Waals surface area contributed by atoms with E-state index in [2.05, 4.69) is 34.4 Å². The van der Waals surface area contributed by atoms with Crippen LogP contribution in [-0.4, -0.2) is 85.3 Å². The van der Waals surface area contributed by atoms with Crippen LogP contribution in [0.3, 0.4) is 0 Å². The van der Waals surface area contributed by atoms with Crippen LogP contribution in [0.2, 0.25) is 0 Å². The van der Waals surface area contributed by atoms with Gasteiger partial charge in [-0.25, -0.2) is 13.2 Å². The van der Waals surface area contributed by atoms with E-state index < -0.39 is 27.6 Å². The number of carbonyl (C=O) groups excluding carboxylic acids is 3. The molecule has 238 valence electrons. The zero-order valence-electron chi connectivity index (χ0n) is 25.7. The number of rotatable bonds is 12. The van der Waals surface area contributed by atoms with Gasteiger partial charge in [0.05, 0.1) is 10.9 Å². The van der Waals surface area contributed by atoms with E-state index in [9.17, 15) is 22.8 Å². The fourth-order valence-corrected chi connectivity index (χ4v) is 6.31. The van der Waals surface area contributed by atoms with Gasteiger partial charge in [-0.05, 0) is 63.1 Å². The molecule has 2 aromatic rings. The molecule has 1 aliphatic heterocycles. The van der Waals surface area contributed by atoms with Crippen molar-refractivity contribution in [3.8, 4) is 0 Å². The van der Waals surface area contributed by atoms with Crippen molar-refractivity contribution in [1.82, 2.24) is 19.4 Å². The molecule has 0 aliphatic carbocycles. The Morgan fingerprint density at radius 3 is 2.36 bits per heavy atom. The zero-order valence-corrected chi connectivity index (χ0v) is 28.1. The Bertz CT molecular complexity index is 1470. The third kappa shape index (κ3) is 9.26. The number of likely N-dealkylation sites (N-methyl/N-ethyl adjacent to an activating group) is 1. The van der Waals surface area contributed by atoms with Crippen LogP contribution >= 0.6 is 15.9 Å². The molecule has 0 radical (unpaired) electrons. The fraction of sp³-hybridized carbons (Fsp3) is 0.406. The Balaban J connectivity index is 1.78. The molecule has 0 saturated carbocycles. The maximum Gasteiger partial charge on any atom is 0.410 e. The molecule has 2 atom stereocenters. The molecular weight excluding hydrogens is 648 g/mol. The molecule has 0 aromatic heterocycles. The van der Waals surface area contributed by atoms with Crippen molar-refractivity contribution in [2.45, 2.75) is 56.2 Å². The standard InChI is InChI=1S/C32H41BrN4O6S/c1-7-17-35(6)44(41,42)27-11-9-10-24(20-27)30(39)34-26-21-28(23-12-14-25(33)15-13-23)37(22-26)29(38)16-19-36(18-8-2)31(40)43-32(3,4)5/h7-15,20,26,28H,1-2,16-19,21-22H2,3-6H3,(H,34,39). The van der Waals surface area contributed by atoms with E-state index in [1.807, 2.05) is 24.3 Å². The molecule has 3 amide bonds. The van der Waals surface area contributed by atoms with Crippen LogP contribution in [0.4, 0.5) is 4.79 Å². The van der Waals surface area contributed by atoms with Gasteiger partial charge in [0.1, 0.15) is 5.60 Å². The summed E-state index contributed by atoms with van der Waals surface area (Å²) in [5.74, 6) is -0.616. The second kappa shape index (κ2) is 15.0. The first kappa shape index (κ1) is 35.0. The Labute approximate surface area is 268 Å². The monoisotopic (exact) mass is 688 g/mol. The molecule has 1 aliphatic rings. The first-order valence-corrected chi connectivity index (χ1v) is 16.5. The zero-order chi connectivity index (χ0) is 32.7. The van der Waals surface area contributed by atoms with Crippen LogP contribution in [0.15, 0.2) is 83.2 Å². The highest BCUT2D eigenvalue weighted by molar-refractivity contribution is 9.10. The van der Waals surface area contributed by atoms with E-state index in [1.54, 1.807) is 37.8 Å². The molecule has 1 N–H and O–H groups in total. The molecule has 1 saturated heterocycles. The molecule has 0 bridgehead atoms. The summed E-state index contributed by atoms with van der Waals surface area (Å²) in [6, 6.07) is 12.8. The molecule has 3 rings (SSSR count). The van der Waals surface area contributed by atoms with Crippen LogP contribution in [0.1, 0.15) is 55.6 Å². The lowest BCUT2D eigenvalue weighted by atomic mass is 10.0. The molecule has 2 aromatic carbocycles. The average molecular weight is 690 g/mol. The van der Waals surface area contributed by atoms with E-state index in [-0.39, 0.29) is 61.0 Å². The number of hydrogen-bond donors (Lipinski definition) is 1. The Hall–Kier alpha value is -3.48. The van der Waals surface area contributed by atoms with E-state index >= 15 is 0 Å². The number of benzene rings is 2. The lowest BCUT2D eigenvalue weighted by molar-refractivity contribution is -0.132. The highest BCUT2D eigenvalue weighted by atomic mass is 79.9. The molecule has 10 nitrogen and oxygen atoms in total. The number of ether oxygens (including phenoxy) is 1. The van der Waals surface area contributed by atoms with Gasteiger partial charge in [0.2, 0.25) is 15.9 Å². The van der Waals surface area contributed by atoms with Crippen LogP contribution in [0.5, 0.6) is 0 Å². The van der Waals surface area contributed by atoms with Gasteiger partial charge in [-0.3, -0.25) is 9.59 Å². The Morgan fingerprint density at radius 1 is 1.09 bits per heavy atom. The third-order valence-corrected chi connectivity index (χ3v) is 9.35. The van der Waals surface area contributed by atoms with Crippen LogP contribution < -0.4 is 5.32 Å². The molecule has 1 heterocycles. The van der Waals surface area contributed by atoms with Gasteiger partial charge >= 0.3 is 6.09 Å². The average Bonchev–Trinajstić information content (AvgIpc) is 3.38. The summed E-state index contributed by atoms with van der Waals surface area (Å²) in [6.07, 6.45) is 3.05. The molecule has 2 unspecified atom stereocenters. The van der Waals surface area contributed by atoms with Gasteiger partial charge in [-0.1, -0.05) is 46.3 Å². The molecular formula is C32H41BrN4O6S. The van der Waals surface area contributed by atoms with Crippen molar-refractivity contribution < 1.29 is 27.5 Å². The topological polar surface area (TPSA) is 116 Å². The number of amides is 3. The summed E-state index contributed by atoms with van der Waals surface area (Å²) in [4.78, 5) is 42.8. The second-order valence-corrected chi connectivity index (χ2v) is 14.5. The summed E-state index contributed by atoms with van der Waals surface area (Å²) >= 11 is 3.45. The maximum absolute atomic E-state index is 13.6. The highest BCUT2D eigenvalue weighted by Gasteiger charge is 2.37. The van der Waals surface area contributed by atoms with E-state index in [4.69, 9.17) is 4.74 Å². The normalized spacial score (nSPS) is 16.8. The number of nitrogens with one attached hydrogen (secondary N) is 1. The molecule has 0 spiro atoms. The van der Waals surface area contributed by atoms with Crippen molar-refractivity contribution in [2.75, 3.05) is 33.2 Å². The van der Waals surface area contributed by atoms with Gasteiger partial charge in [-0.15, -0.1) is 13.2 Å². The minimum atomic E-state index is -3.80. The number of hydrogen-bond acceptors (Lipinski definition) is 6. The van der Waals surface area contributed by atoms with E-state index in [0.29, 0.717) is 6.42 Å². The number of likely N-dealkylation sites (tertiary alicyclic amines) is 1. The summed E-state index contributed by atoms with van der Waals surface area (Å²) in [5.41, 5.74) is 0.422. The number of sulfonamides is 1. The largest absolute Gasteiger partial charge is 0.444 e. The quantitative estimate of drug-likeness (QED) is 0.309. The first-order valence-electron chi connectivity index (χ1n) is 14.3. The Kier molecular flexibility index (Phi) is 11.9. The lowest BCUT2D eigenvalue weighted by Crippen LogP contribution is -2.41. The maximum atomic E-state index is 13.6. The predicted octanol–water partition coefficient (Wildman–Crippen LogP) is 5.14. The number of carbonyl (C=O) groups is 3. The minimum absolute atomic E-state index is 0.000434. The number of nitrogens with zero attached hydrogens (tertiary/aromatic N) is 3. The van der Waals surface area contributed by atoms with Crippen molar-refractivity contribution in [1.29, 1.82) is 0 Å². The van der Waals surface area contributed by atoms with Crippen molar-refractivity contribution in [3.63, 3.8) is 0 Å². The van der Waals surface area contributed by atoms with Crippen LogP contribution in [0, 0.1) is 0 Å². The number of halogens is 1. The van der Waals surface area contributed by atoms with Crippen LogP contribution in [-0.2, 0) is 19.6 Å². The van der Waals surface area contributed by atoms with Gasteiger partial charge in [0.25, 0.3) is 5.91 Å². The van der Waals surface area contributed by atoms with Crippen molar-refractivity contribution in [2.24, 2.45) is 0 Å². The minimum Gasteiger partial charge on any atom is -0.444 e. The predicted molar refractivity (Wildman–Crippen MR) is 174 cm³/mol. The highest BCUT2D eigenvalue weighted by Crippen LogP contribution is 2.34. The van der Waals surface area contributed by atoms with Gasteiger partial charge in [-0.2, -0.15) is 4.31 Å². The van der Waals surface area contributed by atoms with Gasteiger partial charge in [0.15, 0.2) is 0 Å². The summed E-state index contributed by atoms with van der Waals surface area (Å²) in [6.45, 7) is 13.4. The summed E-state index contributed by atoms with van der Waals surface area (Å²) < 4.78 is 33.3. The SMILES string of the molecule is C=CCN(CCC(=O)N1CC(NC(=O)c2cccc(S(=O)(=O)N(C)CC=C)c2)CC1c1ccc(Br)cc1)C(=O)OC(C)(C)C. The van der Waals surface area contributed by atoms with E-state index in [0.717, 1.165) is 14.3 Å². The van der Waals surface area contributed by atoms with Crippen LogP contribution in [0.25, 0.3) is 0 Å². The van der Waals surface area contributed by atoms with Crippen molar-refractivity contribution in [3.05, 3.63) is 89.4 Å². The lowest BCUT2D eigenvalue weighted by Gasteiger charge is -2.28. The smallest absolute Gasteiger partial charge is 0.410 e. The summed E-state index contributed by atoms with van der Waals surface area (Å²) in [7, 11) is -2.36. The second-order valence-electron chi connectivity index (χ2n) is 11.6. The van der Waals surface area contributed by atoms with Gasteiger partial charge < -0.3 is 19.9 Å². The molecule has 44 heavy (non-hydrogen) atoms. The third-order valence-electron chi connectivity index (χ3n) is 7.00. The molecule has 12 heteroatoms.